The number of hydrogen-bond acceptors (Lipinski definition) is 8. The normalized spacial score (nSPS) is 11.0. The Morgan fingerprint density at radius 3 is 1.92 bits per heavy atom. The van der Waals surface area contributed by atoms with E-state index in [2.05, 4.69) is 5.32 Å². The summed E-state index contributed by atoms with van der Waals surface area (Å²) in [5.41, 5.74) is 2.05. The van der Waals surface area contributed by atoms with Crippen LogP contribution >= 0.6 is 0 Å². The van der Waals surface area contributed by atoms with Crippen LogP contribution in [0.3, 0.4) is 0 Å². The molecule has 4 N–H and O–H groups in total. The predicted octanol–water partition coefficient (Wildman–Crippen LogP) is 4.66. The highest BCUT2D eigenvalue weighted by atomic mass is 16.5. The summed E-state index contributed by atoms with van der Waals surface area (Å²) in [5, 5.41) is 32.0. The number of carbonyl (C=O) groups is 1. The molecular formula is C27H27NO8. The van der Waals surface area contributed by atoms with E-state index in [1.54, 1.807) is 36.4 Å². The van der Waals surface area contributed by atoms with E-state index in [1.807, 2.05) is 0 Å². The molecular weight excluding hydrogens is 466 g/mol. The third kappa shape index (κ3) is 5.82. The van der Waals surface area contributed by atoms with E-state index in [0.717, 1.165) is 5.56 Å². The topological polar surface area (TPSA) is 127 Å². The Bertz CT molecular complexity index is 1290. The van der Waals surface area contributed by atoms with Gasteiger partial charge in [0.05, 0.1) is 34.1 Å². The van der Waals surface area contributed by atoms with Crippen LogP contribution in [0.1, 0.15) is 16.7 Å². The summed E-state index contributed by atoms with van der Waals surface area (Å²) < 4.78 is 21.5. The molecule has 0 saturated heterocycles. The van der Waals surface area contributed by atoms with Crippen LogP contribution in [0, 0.1) is 0 Å². The van der Waals surface area contributed by atoms with E-state index in [0.29, 0.717) is 28.4 Å². The van der Waals surface area contributed by atoms with Gasteiger partial charge in [-0.15, -0.1) is 0 Å². The number of hydrogen-bond donors (Lipinski definition) is 4. The summed E-state index contributed by atoms with van der Waals surface area (Å²) in [4.78, 5) is 12.7. The highest BCUT2D eigenvalue weighted by Gasteiger charge is 2.15. The summed E-state index contributed by atoms with van der Waals surface area (Å²) in [6.45, 7) is 0. The molecule has 0 fully saturated rings. The summed E-state index contributed by atoms with van der Waals surface area (Å²) >= 11 is 0. The van der Waals surface area contributed by atoms with Gasteiger partial charge in [-0.1, -0.05) is 18.2 Å². The van der Waals surface area contributed by atoms with Gasteiger partial charge < -0.3 is 39.6 Å². The van der Waals surface area contributed by atoms with Gasteiger partial charge in [-0.3, -0.25) is 4.79 Å². The smallest absolute Gasteiger partial charge is 0.248 e. The van der Waals surface area contributed by atoms with Crippen molar-refractivity contribution in [2.24, 2.45) is 0 Å². The first kappa shape index (κ1) is 25.8. The standard InChI is InChI=1S/C27H27NO8/c1-33-22-14-17(15-23(34-2)27(22)36-4)5-8-18-9-11-20(30)26(35-3)25(18)28-24(32)12-7-16-6-10-19(29)21(31)13-16/h5-15,29-31H,1-4H3,(H,28,32)/b8-5?,12-7+. The number of phenols is 3. The molecule has 3 aromatic rings. The highest BCUT2D eigenvalue weighted by molar-refractivity contribution is 6.04. The molecule has 0 aliphatic rings. The highest BCUT2D eigenvalue weighted by Crippen LogP contribution is 2.40. The minimum Gasteiger partial charge on any atom is -0.504 e. The molecule has 0 heterocycles. The second-order valence-corrected chi connectivity index (χ2v) is 7.44. The molecule has 3 rings (SSSR count). The minimum absolute atomic E-state index is 0.0890. The molecule has 9 heteroatoms. The van der Waals surface area contributed by atoms with Gasteiger partial charge in [-0.05, 0) is 53.6 Å². The van der Waals surface area contributed by atoms with E-state index in [-0.39, 0.29) is 28.7 Å². The van der Waals surface area contributed by atoms with Crippen molar-refractivity contribution in [1.29, 1.82) is 0 Å². The first-order chi connectivity index (χ1) is 17.3. The number of nitrogens with one attached hydrogen (secondary N) is 1. The van der Waals surface area contributed by atoms with Gasteiger partial charge in [0.1, 0.15) is 0 Å². The fourth-order valence-corrected chi connectivity index (χ4v) is 3.43. The molecule has 0 atom stereocenters. The molecule has 0 aliphatic heterocycles. The first-order valence-electron chi connectivity index (χ1n) is 10.7. The van der Waals surface area contributed by atoms with Crippen LogP contribution < -0.4 is 24.3 Å². The van der Waals surface area contributed by atoms with Gasteiger partial charge >= 0.3 is 0 Å². The van der Waals surface area contributed by atoms with E-state index >= 15 is 0 Å². The number of anilines is 1. The second-order valence-electron chi connectivity index (χ2n) is 7.44. The van der Waals surface area contributed by atoms with E-state index in [1.165, 1.54) is 58.8 Å². The zero-order valence-corrected chi connectivity index (χ0v) is 20.2. The third-order valence-electron chi connectivity index (χ3n) is 5.19. The molecule has 0 aliphatic carbocycles. The molecule has 9 nitrogen and oxygen atoms in total. The number of carbonyl (C=O) groups excluding carboxylic acids is 1. The number of ether oxygens (including phenoxy) is 4. The van der Waals surface area contributed by atoms with Crippen molar-refractivity contribution in [3.05, 3.63) is 65.2 Å². The summed E-state index contributed by atoms with van der Waals surface area (Å²) in [7, 11) is 5.95. The first-order valence-corrected chi connectivity index (χ1v) is 10.7. The average Bonchev–Trinajstić information content (AvgIpc) is 2.88. The lowest BCUT2D eigenvalue weighted by Gasteiger charge is -2.14. The second kappa shape index (κ2) is 11.6. The number of benzene rings is 3. The van der Waals surface area contributed by atoms with Crippen LogP contribution in [-0.2, 0) is 4.79 Å². The Morgan fingerprint density at radius 1 is 0.694 bits per heavy atom. The number of phenolic OH excluding ortho intramolecular Hbond substituents is 3. The van der Waals surface area contributed by atoms with Crippen LogP contribution in [0.4, 0.5) is 5.69 Å². The Morgan fingerprint density at radius 2 is 1.33 bits per heavy atom. The SMILES string of the molecule is COc1cc(C=Cc2ccc(O)c(OC)c2NC(=O)/C=C/c2ccc(O)c(O)c2)cc(OC)c1OC. The van der Waals surface area contributed by atoms with Crippen molar-refractivity contribution in [3.8, 4) is 40.2 Å². The van der Waals surface area contributed by atoms with Crippen molar-refractivity contribution in [3.63, 3.8) is 0 Å². The molecule has 0 unspecified atom stereocenters. The molecule has 3 aromatic carbocycles. The molecule has 0 radical (unpaired) electrons. The maximum atomic E-state index is 12.7. The van der Waals surface area contributed by atoms with Gasteiger partial charge in [-0.2, -0.15) is 0 Å². The monoisotopic (exact) mass is 493 g/mol. The molecule has 0 aromatic heterocycles. The van der Waals surface area contributed by atoms with Crippen LogP contribution in [0.15, 0.2) is 48.5 Å². The zero-order valence-electron chi connectivity index (χ0n) is 20.2. The molecule has 0 saturated carbocycles. The fourth-order valence-electron chi connectivity index (χ4n) is 3.43. The largest absolute Gasteiger partial charge is 0.504 e. The Kier molecular flexibility index (Phi) is 8.30. The third-order valence-corrected chi connectivity index (χ3v) is 5.19. The van der Waals surface area contributed by atoms with Crippen molar-refractivity contribution in [1.82, 2.24) is 0 Å². The van der Waals surface area contributed by atoms with Gasteiger partial charge in [0.15, 0.2) is 34.5 Å². The molecule has 1 amide bonds. The van der Waals surface area contributed by atoms with Crippen molar-refractivity contribution in [2.75, 3.05) is 33.8 Å². The van der Waals surface area contributed by atoms with Crippen LogP contribution in [0.2, 0.25) is 0 Å². The van der Waals surface area contributed by atoms with Gasteiger partial charge in [0.25, 0.3) is 0 Å². The number of aromatic hydroxyl groups is 3. The van der Waals surface area contributed by atoms with Gasteiger partial charge in [0.2, 0.25) is 11.7 Å². The molecule has 188 valence electrons. The van der Waals surface area contributed by atoms with Crippen molar-refractivity contribution < 1.29 is 39.1 Å². The quantitative estimate of drug-likeness (QED) is 0.193. The van der Waals surface area contributed by atoms with Crippen molar-refractivity contribution >= 4 is 29.8 Å². The Balaban J connectivity index is 1.93. The van der Waals surface area contributed by atoms with Crippen LogP contribution in [0.5, 0.6) is 40.2 Å². The molecule has 0 spiro atoms. The lowest BCUT2D eigenvalue weighted by Crippen LogP contribution is -2.10. The number of methoxy groups -OCH3 is 4. The Labute approximate surface area is 208 Å². The maximum Gasteiger partial charge on any atom is 0.248 e. The van der Waals surface area contributed by atoms with Gasteiger partial charge in [0, 0.05) is 11.6 Å². The predicted molar refractivity (Wildman–Crippen MR) is 137 cm³/mol. The fraction of sp³-hybridized carbons (Fsp3) is 0.148. The van der Waals surface area contributed by atoms with E-state index in [4.69, 9.17) is 18.9 Å². The lowest BCUT2D eigenvalue weighted by atomic mass is 10.1. The zero-order chi connectivity index (χ0) is 26.2. The Hall–Kier alpha value is -4.79. The number of rotatable bonds is 9. The summed E-state index contributed by atoms with van der Waals surface area (Å²) in [6.07, 6.45) is 6.23. The summed E-state index contributed by atoms with van der Waals surface area (Å²) in [5.74, 6) is 0.309. The average molecular weight is 494 g/mol. The number of amides is 1. The minimum atomic E-state index is -0.506. The van der Waals surface area contributed by atoms with Crippen molar-refractivity contribution in [2.45, 2.75) is 0 Å². The molecule has 0 bridgehead atoms. The lowest BCUT2D eigenvalue weighted by molar-refractivity contribution is -0.111. The van der Waals surface area contributed by atoms with E-state index in [9.17, 15) is 20.1 Å². The maximum absolute atomic E-state index is 12.7. The summed E-state index contributed by atoms with van der Waals surface area (Å²) in [6, 6.07) is 10.8. The van der Waals surface area contributed by atoms with Gasteiger partial charge in [-0.25, -0.2) is 0 Å². The van der Waals surface area contributed by atoms with E-state index < -0.39 is 5.91 Å². The molecule has 36 heavy (non-hydrogen) atoms. The van der Waals surface area contributed by atoms with Crippen LogP contribution in [0.25, 0.3) is 18.2 Å². The van der Waals surface area contributed by atoms with Crippen LogP contribution in [-0.4, -0.2) is 49.7 Å².